The van der Waals surface area contributed by atoms with Crippen LogP contribution in [0, 0.1) is 0 Å². The van der Waals surface area contributed by atoms with Crippen LogP contribution in [0.15, 0.2) is 41.3 Å². The molecule has 0 bridgehead atoms. The zero-order valence-electron chi connectivity index (χ0n) is 11.0. The third-order valence-corrected chi connectivity index (χ3v) is 3.59. The number of halogens is 1. The Bertz CT molecular complexity index is 765. The SMILES string of the molecule is CCc1cc(Br)ccc1Nc1nc(N)cn2ccnc12. The minimum atomic E-state index is 0.452. The maximum absolute atomic E-state index is 5.82. The van der Waals surface area contributed by atoms with Gasteiger partial charge in [0.15, 0.2) is 11.5 Å². The Hall–Kier alpha value is -2.08. The lowest BCUT2D eigenvalue weighted by atomic mass is 10.1. The zero-order valence-corrected chi connectivity index (χ0v) is 12.6. The molecule has 0 aliphatic carbocycles. The van der Waals surface area contributed by atoms with Crippen molar-refractivity contribution in [2.75, 3.05) is 11.1 Å². The van der Waals surface area contributed by atoms with Gasteiger partial charge < -0.3 is 15.5 Å². The largest absolute Gasteiger partial charge is 0.382 e. The quantitative estimate of drug-likeness (QED) is 0.771. The second-order valence-electron chi connectivity index (χ2n) is 4.45. The number of nitrogens with zero attached hydrogens (tertiary/aromatic N) is 3. The lowest BCUT2D eigenvalue weighted by molar-refractivity contribution is 1.12. The number of anilines is 3. The van der Waals surface area contributed by atoms with E-state index in [-0.39, 0.29) is 0 Å². The summed E-state index contributed by atoms with van der Waals surface area (Å²) in [6, 6.07) is 6.11. The summed E-state index contributed by atoms with van der Waals surface area (Å²) in [7, 11) is 0. The van der Waals surface area contributed by atoms with Crippen LogP contribution in [0.25, 0.3) is 5.65 Å². The first kappa shape index (κ1) is 12.9. The van der Waals surface area contributed by atoms with Crippen molar-refractivity contribution in [3.8, 4) is 0 Å². The average Bonchev–Trinajstić information content (AvgIpc) is 2.88. The van der Waals surface area contributed by atoms with Crippen molar-refractivity contribution in [2.24, 2.45) is 0 Å². The highest BCUT2D eigenvalue weighted by atomic mass is 79.9. The first-order valence-corrected chi connectivity index (χ1v) is 7.11. The van der Waals surface area contributed by atoms with E-state index < -0.39 is 0 Å². The number of nitrogens with two attached hydrogens (primary N) is 1. The Morgan fingerprint density at radius 2 is 2.25 bits per heavy atom. The van der Waals surface area contributed by atoms with Crippen molar-refractivity contribution in [3.05, 3.63) is 46.8 Å². The Morgan fingerprint density at radius 3 is 3.05 bits per heavy atom. The van der Waals surface area contributed by atoms with Crippen LogP contribution in [0.1, 0.15) is 12.5 Å². The van der Waals surface area contributed by atoms with E-state index in [1.165, 1.54) is 5.56 Å². The van der Waals surface area contributed by atoms with Crippen LogP contribution in [0.4, 0.5) is 17.3 Å². The molecule has 0 spiro atoms. The maximum atomic E-state index is 5.82. The summed E-state index contributed by atoms with van der Waals surface area (Å²) in [6.07, 6.45) is 6.25. The zero-order chi connectivity index (χ0) is 14.1. The summed E-state index contributed by atoms with van der Waals surface area (Å²) in [5, 5.41) is 3.33. The van der Waals surface area contributed by atoms with E-state index >= 15 is 0 Å². The Morgan fingerprint density at radius 1 is 1.40 bits per heavy atom. The monoisotopic (exact) mass is 331 g/mol. The Labute approximate surface area is 125 Å². The first-order valence-electron chi connectivity index (χ1n) is 6.32. The highest BCUT2D eigenvalue weighted by molar-refractivity contribution is 9.10. The number of hydrogen-bond donors (Lipinski definition) is 2. The summed E-state index contributed by atoms with van der Waals surface area (Å²) < 4.78 is 2.92. The van der Waals surface area contributed by atoms with E-state index in [0.717, 1.165) is 22.2 Å². The number of hydrogen-bond acceptors (Lipinski definition) is 4. The highest BCUT2D eigenvalue weighted by Gasteiger charge is 2.09. The number of nitrogens with one attached hydrogen (secondary N) is 1. The van der Waals surface area contributed by atoms with Gasteiger partial charge in [0.05, 0.1) is 6.20 Å². The summed E-state index contributed by atoms with van der Waals surface area (Å²) >= 11 is 3.49. The van der Waals surface area contributed by atoms with E-state index in [9.17, 15) is 0 Å². The summed E-state index contributed by atoms with van der Waals surface area (Å²) in [5.74, 6) is 1.11. The molecule has 0 aliphatic rings. The molecule has 0 fully saturated rings. The van der Waals surface area contributed by atoms with Gasteiger partial charge in [-0.1, -0.05) is 22.9 Å². The second kappa shape index (κ2) is 5.13. The molecule has 0 saturated carbocycles. The highest BCUT2D eigenvalue weighted by Crippen LogP contribution is 2.26. The maximum Gasteiger partial charge on any atom is 0.180 e. The number of aryl methyl sites for hydroxylation is 1. The fraction of sp³-hybridized carbons (Fsp3) is 0.143. The number of nitrogen functional groups attached to an aromatic ring is 1. The Kier molecular flexibility index (Phi) is 3.31. The van der Waals surface area contributed by atoms with Crippen molar-refractivity contribution >= 4 is 38.9 Å². The molecule has 20 heavy (non-hydrogen) atoms. The number of imidazole rings is 1. The normalized spacial score (nSPS) is 10.9. The van der Waals surface area contributed by atoms with Gasteiger partial charge in [0.1, 0.15) is 5.82 Å². The van der Waals surface area contributed by atoms with Gasteiger partial charge in [-0.3, -0.25) is 0 Å². The Balaban J connectivity index is 2.07. The molecule has 0 atom stereocenters. The summed E-state index contributed by atoms with van der Waals surface area (Å²) in [4.78, 5) is 8.64. The molecule has 3 N–H and O–H groups in total. The van der Waals surface area contributed by atoms with Gasteiger partial charge in [-0.05, 0) is 30.2 Å². The van der Waals surface area contributed by atoms with Gasteiger partial charge in [0.2, 0.25) is 0 Å². The van der Waals surface area contributed by atoms with Gasteiger partial charge in [0, 0.05) is 22.6 Å². The molecule has 2 aromatic heterocycles. The van der Waals surface area contributed by atoms with Crippen LogP contribution < -0.4 is 11.1 Å². The molecule has 0 saturated heterocycles. The predicted molar refractivity (Wildman–Crippen MR) is 84.2 cm³/mol. The van der Waals surface area contributed by atoms with Crippen LogP contribution in [0.3, 0.4) is 0 Å². The van der Waals surface area contributed by atoms with Gasteiger partial charge in [-0.25, -0.2) is 9.97 Å². The lowest BCUT2D eigenvalue weighted by Gasteiger charge is -2.12. The number of aromatic nitrogens is 3. The third kappa shape index (κ3) is 2.34. The van der Waals surface area contributed by atoms with Crippen LogP contribution >= 0.6 is 15.9 Å². The molecule has 0 amide bonds. The lowest BCUT2D eigenvalue weighted by Crippen LogP contribution is -2.03. The summed E-state index contributed by atoms with van der Waals surface area (Å²) in [5.41, 5.74) is 8.79. The average molecular weight is 332 g/mol. The first-order chi connectivity index (χ1) is 9.67. The smallest absolute Gasteiger partial charge is 0.180 e. The molecule has 6 heteroatoms. The molecule has 0 aliphatic heterocycles. The van der Waals surface area contributed by atoms with Gasteiger partial charge in [-0.15, -0.1) is 0 Å². The number of benzene rings is 1. The number of rotatable bonds is 3. The van der Waals surface area contributed by atoms with Crippen LogP contribution in [-0.2, 0) is 6.42 Å². The summed E-state index contributed by atoms with van der Waals surface area (Å²) in [6.45, 7) is 2.12. The van der Waals surface area contributed by atoms with Gasteiger partial charge >= 0.3 is 0 Å². The predicted octanol–water partition coefficient (Wildman–Crippen LogP) is 3.38. The minimum Gasteiger partial charge on any atom is -0.382 e. The van der Waals surface area contributed by atoms with Crippen molar-refractivity contribution in [1.29, 1.82) is 0 Å². The molecule has 0 unspecified atom stereocenters. The molecule has 102 valence electrons. The third-order valence-electron chi connectivity index (χ3n) is 3.09. The van der Waals surface area contributed by atoms with E-state index in [0.29, 0.717) is 11.6 Å². The minimum absolute atomic E-state index is 0.452. The van der Waals surface area contributed by atoms with E-state index in [2.05, 4.69) is 44.2 Å². The van der Waals surface area contributed by atoms with Gasteiger partial charge in [0.25, 0.3) is 0 Å². The molecular formula is C14H14BrN5. The van der Waals surface area contributed by atoms with Crippen LogP contribution in [0.5, 0.6) is 0 Å². The second-order valence-corrected chi connectivity index (χ2v) is 5.37. The van der Waals surface area contributed by atoms with Crippen molar-refractivity contribution in [3.63, 3.8) is 0 Å². The van der Waals surface area contributed by atoms with Crippen LogP contribution in [-0.4, -0.2) is 14.4 Å². The van der Waals surface area contributed by atoms with Crippen molar-refractivity contribution < 1.29 is 0 Å². The fourth-order valence-corrected chi connectivity index (χ4v) is 2.55. The van der Waals surface area contributed by atoms with Crippen LogP contribution in [0.2, 0.25) is 0 Å². The van der Waals surface area contributed by atoms with Gasteiger partial charge in [-0.2, -0.15) is 0 Å². The topological polar surface area (TPSA) is 68.2 Å². The van der Waals surface area contributed by atoms with E-state index in [4.69, 9.17) is 5.73 Å². The van der Waals surface area contributed by atoms with E-state index in [1.54, 1.807) is 12.4 Å². The fourth-order valence-electron chi connectivity index (χ4n) is 2.14. The molecule has 2 heterocycles. The van der Waals surface area contributed by atoms with Crippen molar-refractivity contribution in [1.82, 2.24) is 14.4 Å². The molecular weight excluding hydrogens is 318 g/mol. The molecule has 5 nitrogen and oxygen atoms in total. The molecule has 0 radical (unpaired) electrons. The molecule has 3 aromatic rings. The molecule has 1 aromatic carbocycles. The van der Waals surface area contributed by atoms with Crippen molar-refractivity contribution in [2.45, 2.75) is 13.3 Å². The van der Waals surface area contributed by atoms with E-state index in [1.807, 2.05) is 22.7 Å². The standard InChI is InChI=1S/C14H14BrN5/c1-2-9-7-10(15)3-4-11(9)18-13-14-17-5-6-20(14)8-12(16)19-13/h3-8H,2,16H2,1H3,(H,18,19). The molecule has 3 rings (SSSR count). The number of fused-ring (bicyclic) bond motifs is 1.